The second-order valence-electron chi connectivity index (χ2n) is 5.35. The molecule has 0 aromatic carbocycles. The third-order valence-corrected chi connectivity index (χ3v) is 3.62. The predicted molar refractivity (Wildman–Crippen MR) is 72.7 cm³/mol. The second-order valence-corrected chi connectivity index (χ2v) is 5.35. The van der Waals surface area contributed by atoms with E-state index in [1.807, 2.05) is 11.9 Å². The van der Waals surface area contributed by atoms with Crippen LogP contribution in [0.15, 0.2) is 0 Å². The molecular formula is C13H24N4O2. The van der Waals surface area contributed by atoms with Crippen molar-refractivity contribution in [3.8, 4) is 0 Å². The Bertz CT molecular complexity index is 323. The third-order valence-electron chi connectivity index (χ3n) is 3.62. The van der Waals surface area contributed by atoms with E-state index >= 15 is 0 Å². The van der Waals surface area contributed by atoms with Gasteiger partial charge in [-0.15, -0.1) is 0 Å². The van der Waals surface area contributed by atoms with Crippen molar-refractivity contribution >= 4 is 11.8 Å². The first kappa shape index (κ1) is 14.3. The highest BCUT2D eigenvalue weighted by Crippen LogP contribution is 2.18. The summed E-state index contributed by atoms with van der Waals surface area (Å²) in [5.41, 5.74) is 0. The number of amides is 2. The highest BCUT2D eigenvalue weighted by Gasteiger charge is 2.26. The maximum Gasteiger partial charge on any atom is 0.234 e. The Hall–Kier alpha value is -1.14. The van der Waals surface area contributed by atoms with Crippen molar-refractivity contribution in [2.45, 2.75) is 25.3 Å². The lowest BCUT2D eigenvalue weighted by molar-refractivity contribution is -0.133. The summed E-state index contributed by atoms with van der Waals surface area (Å²) in [5.74, 6) is 0.328. The molecule has 0 bridgehead atoms. The normalized spacial score (nSPS) is 20.4. The van der Waals surface area contributed by atoms with Gasteiger partial charge in [0, 0.05) is 45.2 Å². The van der Waals surface area contributed by atoms with Crippen LogP contribution in [-0.2, 0) is 9.59 Å². The van der Waals surface area contributed by atoms with Crippen LogP contribution in [0.25, 0.3) is 0 Å². The Morgan fingerprint density at radius 2 is 1.84 bits per heavy atom. The Morgan fingerprint density at radius 1 is 1.16 bits per heavy atom. The van der Waals surface area contributed by atoms with E-state index in [4.69, 9.17) is 0 Å². The summed E-state index contributed by atoms with van der Waals surface area (Å²) < 4.78 is 0. The zero-order chi connectivity index (χ0) is 13.7. The summed E-state index contributed by atoms with van der Waals surface area (Å²) in [7, 11) is 1.85. The van der Waals surface area contributed by atoms with Gasteiger partial charge in [0.1, 0.15) is 0 Å². The lowest BCUT2D eigenvalue weighted by atomic mass is 10.2. The first-order chi connectivity index (χ1) is 9.19. The molecule has 0 spiro atoms. The van der Waals surface area contributed by atoms with Gasteiger partial charge >= 0.3 is 0 Å². The van der Waals surface area contributed by atoms with Crippen LogP contribution >= 0.6 is 0 Å². The van der Waals surface area contributed by atoms with Crippen LogP contribution in [0.2, 0.25) is 0 Å². The predicted octanol–water partition coefficient (Wildman–Crippen LogP) is -0.981. The quantitative estimate of drug-likeness (QED) is 0.650. The summed E-state index contributed by atoms with van der Waals surface area (Å²) in [5, 5.41) is 5.98. The standard InChI is InChI=1S/C13H24N4O2/c1-14-5-4-13(19)17-8-6-16(7-9-17)10-12(18)15-11-2-3-11/h11,14H,2-10H2,1H3,(H,15,18). The number of carbonyl (C=O) groups excluding carboxylic acids is 2. The number of carbonyl (C=O) groups is 2. The molecule has 0 atom stereocenters. The van der Waals surface area contributed by atoms with E-state index in [0.717, 1.165) is 45.6 Å². The van der Waals surface area contributed by atoms with Crippen LogP contribution in [0.1, 0.15) is 19.3 Å². The molecule has 0 aromatic rings. The minimum absolute atomic E-state index is 0.123. The van der Waals surface area contributed by atoms with Crippen LogP contribution < -0.4 is 10.6 Å². The molecule has 1 saturated carbocycles. The summed E-state index contributed by atoms with van der Waals surface area (Å²) in [4.78, 5) is 27.5. The monoisotopic (exact) mass is 268 g/mol. The van der Waals surface area contributed by atoms with Gasteiger partial charge in [0.15, 0.2) is 0 Å². The van der Waals surface area contributed by atoms with Gasteiger partial charge in [-0.1, -0.05) is 0 Å². The van der Waals surface area contributed by atoms with Crippen LogP contribution in [0.4, 0.5) is 0 Å². The van der Waals surface area contributed by atoms with Crippen LogP contribution in [0, 0.1) is 0 Å². The molecule has 2 fully saturated rings. The second kappa shape index (κ2) is 6.86. The molecule has 1 aliphatic heterocycles. The number of rotatable bonds is 6. The number of hydrogen-bond donors (Lipinski definition) is 2. The lowest BCUT2D eigenvalue weighted by Crippen LogP contribution is -2.51. The van der Waals surface area contributed by atoms with Gasteiger partial charge in [-0.25, -0.2) is 0 Å². The molecule has 1 aliphatic carbocycles. The van der Waals surface area contributed by atoms with Gasteiger partial charge in [-0.3, -0.25) is 14.5 Å². The van der Waals surface area contributed by atoms with Crippen molar-refractivity contribution in [3.63, 3.8) is 0 Å². The molecule has 108 valence electrons. The Labute approximate surface area is 114 Å². The van der Waals surface area contributed by atoms with Crippen molar-refractivity contribution < 1.29 is 9.59 Å². The summed E-state index contributed by atoms with van der Waals surface area (Å²) in [6.07, 6.45) is 2.80. The molecule has 1 saturated heterocycles. The van der Waals surface area contributed by atoms with Crippen molar-refractivity contribution in [3.05, 3.63) is 0 Å². The number of nitrogens with zero attached hydrogens (tertiary/aromatic N) is 2. The van der Waals surface area contributed by atoms with Crippen molar-refractivity contribution in [2.75, 3.05) is 46.3 Å². The largest absolute Gasteiger partial charge is 0.352 e. The van der Waals surface area contributed by atoms with Gasteiger partial charge in [0.25, 0.3) is 0 Å². The highest BCUT2D eigenvalue weighted by molar-refractivity contribution is 5.79. The van der Waals surface area contributed by atoms with Gasteiger partial charge in [0.05, 0.1) is 6.54 Å². The molecule has 0 radical (unpaired) electrons. The molecule has 2 N–H and O–H groups in total. The van der Waals surface area contributed by atoms with E-state index in [2.05, 4.69) is 15.5 Å². The third kappa shape index (κ3) is 4.80. The van der Waals surface area contributed by atoms with Gasteiger partial charge in [-0.2, -0.15) is 0 Å². The van der Waals surface area contributed by atoms with Gasteiger partial charge in [-0.05, 0) is 19.9 Å². The van der Waals surface area contributed by atoms with E-state index in [1.165, 1.54) is 0 Å². The first-order valence-electron chi connectivity index (χ1n) is 7.13. The molecule has 0 unspecified atom stereocenters. The smallest absolute Gasteiger partial charge is 0.234 e. The molecule has 0 aromatic heterocycles. The van der Waals surface area contributed by atoms with Gasteiger partial charge in [0.2, 0.25) is 11.8 Å². The molecule has 2 amide bonds. The van der Waals surface area contributed by atoms with E-state index in [-0.39, 0.29) is 11.8 Å². The van der Waals surface area contributed by atoms with E-state index in [0.29, 0.717) is 19.0 Å². The SMILES string of the molecule is CNCCC(=O)N1CCN(CC(=O)NC2CC2)CC1. The van der Waals surface area contributed by atoms with Crippen molar-refractivity contribution in [1.29, 1.82) is 0 Å². The lowest BCUT2D eigenvalue weighted by Gasteiger charge is -2.34. The summed E-state index contributed by atoms with van der Waals surface area (Å²) >= 11 is 0. The molecule has 1 heterocycles. The average Bonchev–Trinajstić information content (AvgIpc) is 3.20. The summed E-state index contributed by atoms with van der Waals surface area (Å²) in [6, 6.07) is 0.428. The summed E-state index contributed by atoms with van der Waals surface area (Å²) in [6.45, 7) is 4.25. The minimum atomic E-state index is 0.123. The molecule has 6 nitrogen and oxygen atoms in total. The fraction of sp³-hybridized carbons (Fsp3) is 0.846. The van der Waals surface area contributed by atoms with E-state index in [9.17, 15) is 9.59 Å². The van der Waals surface area contributed by atoms with E-state index in [1.54, 1.807) is 0 Å². The Kier molecular flexibility index (Phi) is 5.15. The first-order valence-corrected chi connectivity index (χ1v) is 7.13. The Morgan fingerprint density at radius 3 is 2.42 bits per heavy atom. The number of piperazine rings is 1. The fourth-order valence-electron chi connectivity index (χ4n) is 2.25. The Balaban J connectivity index is 1.63. The maximum atomic E-state index is 11.8. The molecule has 2 aliphatic rings. The molecule has 2 rings (SSSR count). The van der Waals surface area contributed by atoms with E-state index < -0.39 is 0 Å². The van der Waals surface area contributed by atoms with Gasteiger partial charge < -0.3 is 15.5 Å². The fourth-order valence-corrected chi connectivity index (χ4v) is 2.25. The molecule has 19 heavy (non-hydrogen) atoms. The molecular weight excluding hydrogens is 244 g/mol. The maximum absolute atomic E-state index is 11.8. The zero-order valence-electron chi connectivity index (χ0n) is 11.7. The number of nitrogens with one attached hydrogen (secondary N) is 2. The van der Waals surface area contributed by atoms with Crippen LogP contribution in [-0.4, -0.2) is 74.0 Å². The average molecular weight is 268 g/mol. The van der Waals surface area contributed by atoms with Crippen molar-refractivity contribution in [2.24, 2.45) is 0 Å². The topological polar surface area (TPSA) is 64.7 Å². The van der Waals surface area contributed by atoms with Crippen LogP contribution in [0.5, 0.6) is 0 Å². The zero-order valence-corrected chi connectivity index (χ0v) is 11.7. The van der Waals surface area contributed by atoms with Crippen molar-refractivity contribution in [1.82, 2.24) is 20.4 Å². The number of hydrogen-bond acceptors (Lipinski definition) is 4. The minimum Gasteiger partial charge on any atom is -0.352 e. The van der Waals surface area contributed by atoms with Crippen LogP contribution in [0.3, 0.4) is 0 Å². The molecule has 6 heteroatoms. The highest BCUT2D eigenvalue weighted by atomic mass is 16.2.